The summed E-state index contributed by atoms with van der Waals surface area (Å²) in [6, 6.07) is 52.7. The second kappa shape index (κ2) is 13.7. The molecule has 0 saturated carbocycles. The Balaban J connectivity index is 1.10. The Bertz CT molecular complexity index is 3080. The summed E-state index contributed by atoms with van der Waals surface area (Å²) in [6.07, 6.45) is 21.5. The second-order valence-corrected chi connectivity index (χ2v) is 16.6. The van der Waals surface area contributed by atoms with Crippen molar-refractivity contribution in [3.05, 3.63) is 245 Å². The van der Waals surface area contributed by atoms with E-state index in [-0.39, 0.29) is 12.0 Å². The van der Waals surface area contributed by atoms with E-state index < -0.39 is 5.41 Å². The van der Waals surface area contributed by atoms with Crippen LogP contribution in [-0.4, -0.2) is 6.10 Å². The third-order valence-corrected chi connectivity index (χ3v) is 13.6. The normalized spacial score (nSPS) is 22.3. The molecule has 0 radical (unpaired) electrons. The van der Waals surface area contributed by atoms with Crippen LogP contribution in [0, 0.1) is 5.92 Å². The fraction of sp³-hybridized carbons (Fsp3) is 0.123. The molecule has 7 aromatic rings. The van der Waals surface area contributed by atoms with Crippen LogP contribution in [0.4, 0.5) is 11.4 Å². The van der Waals surface area contributed by atoms with Crippen LogP contribution in [-0.2, 0) is 10.2 Å². The summed E-state index contributed by atoms with van der Waals surface area (Å²) in [7, 11) is 0. The summed E-state index contributed by atoms with van der Waals surface area (Å²) in [6.45, 7) is 4.58. The Kier molecular flexibility index (Phi) is 8.00. The van der Waals surface area contributed by atoms with Crippen LogP contribution in [0.15, 0.2) is 228 Å². The number of rotatable bonds is 6. The molecule has 12 rings (SSSR count). The lowest BCUT2D eigenvalue weighted by atomic mass is 9.57. The van der Waals surface area contributed by atoms with Crippen molar-refractivity contribution in [3.63, 3.8) is 0 Å². The van der Waals surface area contributed by atoms with Gasteiger partial charge in [-0.3, -0.25) is 0 Å². The first-order chi connectivity index (χ1) is 29.7. The molecule has 1 spiro atoms. The van der Waals surface area contributed by atoms with Crippen molar-refractivity contribution in [1.82, 2.24) is 0 Å². The molecular formula is C57H43NO2. The molecule has 60 heavy (non-hydrogen) atoms. The van der Waals surface area contributed by atoms with Crippen molar-refractivity contribution >= 4 is 39.1 Å². The average Bonchev–Trinajstić information content (AvgIpc) is 3.83. The van der Waals surface area contributed by atoms with Gasteiger partial charge in [0.15, 0.2) is 0 Å². The smallest absolute Gasteiger partial charge is 0.135 e. The van der Waals surface area contributed by atoms with Crippen molar-refractivity contribution in [3.8, 4) is 11.1 Å². The Morgan fingerprint density at radius 2 is 1.42 bits per heavy atom. The van der Waals surface area contributed by atoms with Gasteiger partial charge in [-0.05, 0) is 101 Å². The quantitative estimate of drug-likeness (QED) is 0.168. The molecule has 288 valence electrons. The van der Waals surface area contributed by atoms with Crippen LogP contribution < -0.4 is 4.90 Å². The highest BCUT2D eigenvalue weighted by atomic mass is 16.5. The number of fused-ring (bicyclic) bond motifs is 11. The van der Waals surface area contributed by atoms with Crippen molar-refractivity contribution in [2.24, 2.45) is 5.92 Å². The zero-order valence-corrected chi connectivity index (χ0v) is 33.3. The van der Waals surface area contributed by atoms with Crippen molar-refractivity contribution in [2.45, 2.75) is 36.7 Å². The van der Waals surface area contributed by atoms with E-state index in [4.69, 9.17) is 9.15 Å². The number of allylic oxidation sites excluding steroid dienone is 8. The van der Waals surface area contributed by atoms with Gasteiger partial charge in [0.2, 0.25) is 0 Å². The van der Waals surface area contributed by atoms with Gasteiger partial charge in [-0.15, -0.1) is 0 Å². The molecule has 5 aliphatic rings. The van der Waals surface area contributed by atoms with E-state index in [1.54, 1.807) is 0 Å². The Hall–Kier alpha value is -7.10. The Morgan fingerprint density at radius 3 is 2.27 bits per heavy atom. The summed E-state index contributed by atoms with van der Waals surface area (Å²) >= 11 is 0. The molecule has 4 aliphatic carbocycles. The fourth-order valence-electron chi connectivity index (χ4n) is 10.9. The highest BCUT2D eigenvalue weighted by Crippen LogP contribution is 2.64. The van der Waals surface area contributed by atoms with Crippen LogP contribution >= 0.6 is 0 Å². The maximum absolute atomic E-state index is 7.33. The maximum Gasteiger partial charge on any atom is 0.135 e. The molecule has 0 saturated heterocycles. The molecule has 3 heteroatoms. The molecule has 3 nitrogen and oxygen atoms in total. The van der Waals surface area contributed by atoms with E-state index >= 15 is 0 Å². The summed E-state index contributed by atoms with van der Waals surface area (Å²) in [5.74, 6) is 1.21. The summed E-state index contributed by atoms with van der Waals surface area (Å²) in [5, 5.41) is 2.22. The monoisotopic (exact) mass is 773 g/mol. The third-order valence-electron chi connectivity index (χ3n) is 13.6. The van der Waals surface area contributed by atoms with Gasteiger partial charge in [0, 0.05) is 50.8 Å². The minimum Gasteiger partial charge on any atom is -0.484 e. The highest BCUT2D eigenvalue weighted by molar-refractivity contribution is 6.06. The zero-order valence-electron chi connectivity index (χ0n) is 33.3. The lowest BCUT2D eigenvalue weighted by molar-refractivity contribution is 0.110. The molecule has 0 N–H and O–H groups in total. The number of ether oxygens (including phenoxy) is 1. The van der Waals surface area contributed by atoms with Gasteiger partial charge in [0.1, 0.15) is 23.0 Å². The van der Waals surface area contributed by atoms with E-state index in [0.717, 1.165) is 75.2 Å². The number of anilines is 2. The standard InChI is InChI=1S/C57H43NO2/c1-2-49-55(40-18-7-4-8-19-40)60-56-44-20-10-9-17-39(44)27-33-51(56)57(49)50-23-13-11-21-45(50)46-32-30-43(36-52(46)57)58(41-28-25-38(26-29-41)37-15-5-3-6-16-37)42-31-34-54-48(35-42)47-22-12-14-24-53(47)59-54/h2-8,10-16,18-25,27-36,38,51,56H,1,9,17,26H2. The molecule has 2 heterocycles. The van der Waals surface area contributed by atoms with Crippen LogP contribution in [0.5, 0.6) is 0 Å². The van der Waals surface area contributed by atoms with Gasteiger partial charge in [-0.1, -0.05) is 158 Å². The van der Waals surface area contributed by atoms with E-state index in [9.17, 15) is 0 Å². The Labute approximate surface area is 350 Å². The van der Waals surface area contributed by atoms with Crippen LogP contribution in [0.3, 0.4) is 0 Å². The van der Waals surface area contributed by atoms with Gasteiger partial charge in [0.05, 0.1) is 5.41 Å². The van der Waals surface area contributed by atoms with Crippen molar-refractivity contribution in [2.75, 3.05) is 4.90 Å². The fourth-order valence-corrected chi connectivity index (χ4v) is 10.9. The minimum atomic E-state index is -0.580. The number of benzene rings is 6. The summed E-state index contributed by atoms with van der Waals surface area (Å²) < 4.78 is 13.7. The molecular weight excluding hydrogens is 731 g/mol. The first-order valence-electron chi connectivity index (χ1n) is 21.3. The van der Waals surface area contributed by atoms with Gasteiger partial charge in [-0.25, -0.2) is 0 Å². The summed E-state index contributed by atoms with van der Waals surface area (Å²) in [4.78, 5) is 2.45. The average molecular weight is 774 g/mol. The lowest BCUT2D eigenvalue weighted by Gasteiger charge is -2.50. The topological polar surface area (TPSA) is 25.6 Å². The van der Waals surface area contributed by atoms with Crippen molar-refractivity contribution < 1.29 is 9.15 Å². The van der Waals surface area contributed by atoms with Gasteiger partial charge >= 0.3 is 0 Å². The lowest BCUT2D eigenvalue weighted by Crippen LogP contribution is -2.48. The molecule has 0 bridgehead atoms. The van der Waals surface area contributed by atoms with Crippen molar-refractivity contribution in [1.29, 1.82) is 0 Å². The molecule has 6 aromatic carbocycles. The molecule has 1 aromatic heterocycles. The van der Waals surface area contributed by atoms with E-state index in [1.165, 1.54) is 39.0 Å². The van der Waals surface area contributed by atoms with E-state index in [0.29, 0.717) is 5.92 Å². The van der Waals surface area contributed by atoms with Gasteiger partial charge < -0.3 is 14.1 Å². The van der Waals surface area contributed by atoms with Gasteiger partial charge in [0.25, 0.3) is 0 Å². The first-order valence-corrected chi connectivity index (χ1v) is 21.3. The molecule has 4 atom stereocenters. The number of nitrogens with zero attached hydrogens (tertiary/aromatic N) is 1. The predicted octanol–water partition coefficient (Wildman–Crippen LogP) is 14.4. The predicted molar refractivity (Wildman–Crippen MR) is 246 cm³/mol. The second-order valence-electron chi connectivity index (χ2n) is 16.6. The first kappa shape index (κ1) is 34.9. The number of hydrogen-bond donors (Lipinski definition) is 0. The van der Waals surface area contributed by atoms with Gasteiger partial charge in [-0.2, -0.15) is 0 Å². The van der Waals surface area contributed by atoms with Crippen LogP contribution in [0.2, 0.25) is 0 Å². The molecule has 0 fully saturated rings. The van der Waals surface area contributed by atoms with Crippen LogP contribution in [0.1, 0.15) is 47.4 Å². The minimum absolute atomic E-state index is 0.0142. The largest absolute Gasteiger partial charge is 0.484 e. The van der Waals surface area contributed by atoms with E-state index in [2.05, 4.69) is 200 Å². The number of furan rings is 1. The summed E-state index contributed by atoms with van der Waals surface area (Å²) in [5.41, 5.74) is 15.8. The maximum atomic E-state index is 7.33. The molecule has 0 amide bonds. The van der Waals surface area contributed by atoms with Crippen LogP contribution in [0.25, 0.3) is 38.8 Å². The van der Waals surface area contributed by atoms with E-state index in [1.807, 2.05) is 6.07 Å². The molecule has 4 unspecified atom stereocenters. The number of hydrogen-bond acceptors (Lipinski definition) is 3. The SMILES string of the molecule is C=CC1=C(c2ccccc2)OC2C3=C(C=CC2C12c1ccccc1-c1ccc(N(C4=CCC(c5ccccc5)C=C4)c4ccc5oc6ccccc6c5c4)cc12)CCC=C3. The highest BCUT2D eigenvalue weighted by Gasteiger charge is 2.58. The third kappa shape index (κ3) is 5.15. The number of para-hydroxylation sites is 1. The zero-order chi connectivity index (χ0) is 39.8. The molecule has 1 aliphatic heterocycles. The Morgan fingerprint density at radius 1 is 0.667 bits per heavy atom.